The van der Waals surface area contributed by atoms with Gasteiger partial charge in [0.05, 0.1) is 6.10 Å². The van der Waals surface area contributed by atoms with Crippen molar-refractivity contribution in [3.63, 3.8) is 0 Å². The molecule has 1 N–H and O–H groups in total. The maximum Gasteiger partial charge on any atom is 0.253 e. The molecule has 0 bridgehead atoms. The van der Waals surface area contributed by atoms with Crippen molar-refractivity contribution < 1.29 is 9.53 Å². The largest absolute Gasteiger partial charge is 0.491 e. The number of hydrogen-bond donors (Lipinski definition) is 1. The number of likely N-dealkylation sites (N-methyl/N-ethyl adjacent to an activating group) is 1. The third-order valence-corrected chi connectivity index (χ3v) is 3.61. The Balaban J connectivity index is 0.00000220. The number of nitrogens with zero attached hydrogens (tertiary/aromatic N) is 1. The topological polar surface area (TPSA) is 41.6 Å². The molecule has 1 aromatic rings. The van der Waals surface area contributed by atoms with Gasteiger partial charge in [-0.05, 0) is 57.5 Å². The van der Waals surface area contributed by atoms with Crippen molar-refractivity contribution in [2.24, 2.45) is 0 Å². The van der Waals surface area contributed by atoms with Crippen molar-refractivity contribution in [2.45, 2.75) is 38.8 Å². The van der Waals surface area contributed by atoms with Gasteiger partial charge in [-0.3, -0.25) is 4.79 Å². The van der Waals surface area contributed by atoms with E-state index < -0.39 is 0 Å². The van der Waals surface area contributed by atoms with Gasteiger partial charge in [-0.1, -0.05) is 0 Å². The van der Waals surface area contributed by atoms with E-state index in [2.05, 4.69) is 5.32 Å². The summed E-state index contributed by atoms with van der Waals surface area (Å²) in [4.78, 5) is 14.3. The van der Waals surface area contributed by atoms with E-state index in [1.165, 1.54) is 0 Å². The molecular weight excluding hydrogens is 288 g/mol. The van der Waals surface area contributed by atoms with E-state index in [0.29, 0.717) is 11.6 Å². The standard InChI is InChI=1S/C16H24N2O2.ClH/c1-12(2)20-15-8-6-13(7-9-15)16(19)18(3)14-5-4-10-17-11-14;/h6-9,12,14,17H,4-5,10-11H2,1-3H3;1H. The van der Waals surface area contributed by atoms with Crippen LogP contribution in [-0.4, -0.2) is 43.1 Å². The summed E-state index contributed by atoms with van der Waals surface area (Å²) in [6, 6.07) is 7.70. The van der Waals surface area contributed by atoms with Gasteiger partial charge >= 0.3 is 0 Å². The minimum Gasteiger partial charge on any atom is -0.491 e. The van der Waals surface area contributed by atoms with Crippen LogP contribution in [0.1, 0.15) is 37.0 Å². The maximum atomic E-state index is 12.4. The number of benzene rings is 1. The molecule has 1 atom stereocenters. The average molecular weight is 313 g/mol. The number of piperidine rings is 1. The number of ether oxygens (including phenoxy) is 1. The first kappa shape index (κ1) is 17.8. The molecule has 1 aliphatic heterocycles. The fourth-order valence-corrected chi connectivity index (χ4v) is 2.48. The molecule has 1 aromatic carbocycles. The Hall–Kier alpha value is -1.26. The summed E-state index contributed by atoms with van der Waals surface area (Å²) in [5.41, 5.74) is 0.717. The Kier molecular flexibility index (Phi) is 6.99. The van der Waals surface area contributed by atoms with Crippen LogP contribution in [0.2, 0.25) is 0 Å². The summed E-state index contributed by atoms with van der Waals surface area (Å²) in [6.45, 7) is 5.92. The third-order valence-electron chi connectivity index (χ3n) is 3.61. The highest BCUT2D eigenvalue weighted by molar-refractivity contribution is 5.94. The molecule has 21 heavy (non-hydrogen) atoms. The minimum atomic E-state index is 0. The fourth-order valence-electron chi connectivity index (χ4n) is 2.48. The lowest BCUT2D eigenvalue weighted by Crippen LogP contribution is -2.46. The number of hydrogen-bond acceptors (Lipinski definition) is 3. The Morgan fingerprint density at radius 3 is 2.52 bits per heavy atom. The number of carbonyl (C=O) groups excluding carboxylic acids is 1. The molecule has 0 aromatic heterocycles. The Bertz CT molecular complexity index is 442. The van der Waals surface area contributed by atoms with Crippen LogP contribution in [0.25, 0.3) is 0 Å². The summed E-state index contributed by atoms with van der Waals surface area (Å²) in [7, 11) is 1.89. The van der Waals surface area contributed by atoms with E-state index in [4.69, 9.17) is 4.74 Å². The van der Waals surface area contributed by atoms with Crippen LogP contribution in [0, 0.1) is 0 Å². The van der Waals surface area contributed by atoms with Crippen molar-refractivity contribution in [2.75, 3.05) is 20.1 Å². The van der Waals surface area contributed by atoms with Gasteiger partial charge in [0.1, 0.15) is 5.75 Å². The van der Waals surface area contributed by atoms with Gasteiger partial charge in [0.2, 0.25) is 0 Å². The van der Waals surface area contributed by atoms with Gasteiger partial charge in [-0.15, -0.1) is 12.4 Å². The highest BCUT2D eigenvalue weighted by atomic mass is 35.5. The van der Waals surface area contributed by atoms with Crippen molar-refractivity contribution in [3.05, 3.63) is 29.8 Å². The Labute approximate surface area is 133 Å². The van der Waals surface area contributed by atoms with Gasteiger partial charge in [0.15, 0.2) is 0 Å². The molecule has 5 heteroatoms. The molecule has 1 unspecified atom stereocenters. The molecular formula is C16H25ClN2O2. The predicted octanol–water partition coefficient (Wildman–Crippen LogP) is 2.72. The molecule has 4 nitrogen and oxygen atoms in total. The second-order valence-corrected chi connectivity index (χ2v) is 5.61. The van der Waals surface area contributed by atoms with Crippen LogP contribution in [0.5, 0.6) is 5.75 Å². The fraction of sp³-hybridized carbons (Fsp3) is 0.562. The van der Waals surface area contributed by atoms with Crippen molar-refractivity contribution in [1.82, 2.24) is 10.2 Å². The lowest BCUT2D eigenvalue weighted by atomic mass is 10.1. The molecule has 1 amide bonds. The summed E-state index contributed by atoms with van der Waals surface area (Å²) >= 11 is 0. The van der Waals surface area contributed by atoms with E-state index >= 15 is 0 Å². The molecule has 0 spiro atoms. The second kappa shape index (κ2) is 8.25. The number of halogens is 1. The van der Waals surface area contributed by atoms with E-state index in [0.717, 1.165) is 31.7 Å². The average Bonchev–Trinajstić information content (AvgIpc) is 2.47. The van der Waals surface area contributed by atoms with Crippen LogP contribution in [0.15, 0.2) is 24.3 Å². The van der Waals surface area contributed by atoms with Crippen molar-refractivity contribution >= 4 is 18.3 Å². The highest BCUT2D eigenvalue weighted by Gasteiger charge is 2.22. The summed E-state index contributed by atoms with van der Waals surface area (Å²) in [6.07, 6.45) is 2.35. The zero-order chi connectivity index (χ0) is 14.5. The monoisotopic (exact) mass is 312 g/mol. The van der Waals surface area contributed by atoms with Gasteiger partial charge in [0, 0.05) is 25.2 Å². The summed E-state index contributed by atoms with van der Waals surface area (Å²) in [5.74, 6) is 0.883. The zero-order valence-corrected chi connectivity index (χ0v) is 13.8. The van der Waals surface area contributed by atoms with Crippen molar-refractivity contribution in [3.8, 4) is 5.75 Å². The molecule has 2 rings (SSSR count). The number of rotatable bonds is 4. The molecule has 1 heterocycles. The molecule has 0 aliphatic carbocycles. The quantitative estimate of drug-likeness (QED) is 0.929. The highest BCUT2D eigenvalue weighted by Crippen LogP contribution is 2.17. The number of amides is 1. The Morgan fingerprint density at radius 2 is 2.00 bits per heavy atom. The molecule has 0 radical (unpaired) electrons. The van der Waals surface area contributed by atoms with Crippen LogP contribution in [0.4, 0.5) is 0 Å². The van der Waals surface area contributed by atoms with E-state index in [1.807, 2.05) is 50.1 Å². The molecule has 1 fully saturated rings. The maximum absolute atomic E-state index is 12.4. The first-order valence-corrected chi connectivity index (χ1v) is 7.32. The predicted molar refractivity (Wildman–Crippen MR) is 87.4 cm³/mol. The lowest BCUT2D eigenvalue weighted by Gasteiger charge is -2.31. The molecule has 118 valence electrons. The zero-order valence-electron chi connectivity index (χ0n) is 13.0. The van der Waals surface area contributed by atoms with Crippen LogP contribution in [-0.2, 0) is 0 Å². The first-order valence-electron chi connectivity index (χ1n) is 7.32. The normalized spacial score (nSPS) is 18.0. The SMILES string of the molecule is CC(C)Oc1ccc(C(=O)N(C)C2CCCNC2)cc1.Cl. The van der Waals surface area contributed by atoms with Crippen LogP contribution < -0.4 is 10.1 Å². The summed E-state index contributed by atoms with van der Waals surface area (Å²) in [5, 5.41) is 3.34. The Morgan fingerprint density at radius 1 is 1.33 bits per heavy atom. The van der Waals surface area contributed by atoms with E-state index in [-0.39, 0.29) is 24.4 Å². The van der Waals surface area contributed by atoms with Crippen LogP contribution >= 0.6 is 12.4 Å². The minimum absolute atomic E-state index is 0. The number of nitrogens with one attached hydrogen (secondary N) is 1. The van der Waals surface area contributed by atoms with Gasteiger partial charge < -0.3 is 15.0 Å². The van der Waals surface area contributed by atoms with Gasteiger partial charge in [-0.25, -0.2) is 0 Å². The first-order chi connectivity index (χ1) is 9.58. The van der Waals surface area contributed by atoms with Crippen molar-refractivity contribution in [1.29, 1.82) is 0 Å². The van der Waals surface area contributed by atoms with Gasteiger partial charge in [-0.2, -0.15) is 0 Å². The van der Waals surface area contributed by atoms with E-state index in [9.17, 15) is 4.79 Å². The van der Waals surface area contributed by atoms with Crippen LogP contribution in [0.3, 0.4) is 0 Å². The van der Waals surface area contributed by atoms with E-state index in [1.54, 1.807) is 0 Å². The third kappa shape index (κ3) is 4.90. The second-order valence-electron chi connectivity index (χ2n) is 5.61. The number of carbonyl (C=O) groups is 1. The molecule has 1 aliphatic rings. The smallest absolute Gasteiger partial charge is 0.253 e. The molecule has 0 saturated carbocycles. The van der Waals surface area contributed by atoms with Gasteiger partial charge in [0.25, 0.3) is 5.91 Å². The molecule has 1 saturated heterocycles. The summed E-state index contributed by atoms with van der Waals surface area (Å²) < 4.78 is 5.59. The lowest BCUT2D eigenvalue weighted by molar-refractivity contribution is 0.0708.